The van der Waals surface area contributed by atoms with Crippen molar-refractivity contribution in [2.75, 3.05) is 5.75 Å². The number of fused-ring (bicyclic) bond motifs is 1. The normalized spacial score (nSPS) is 17.4. The Kier molecular flexibility index (Phi) is 8.78. The fraction of sp³-hybridized carbons (Fsp3) is 0.171. The van der Waals surface area contributed by atoms with Gasteiger partial charge in [-0.25, -0.2) is 9.78 Å². The first-order chi connectivity index (χ1) is 22.5. The van der Waals surface area contributed by atoms with Gasteiger partial charge in [0.2, 0.25) is 5.91 Å². The van der Waals surface area contributed by atoms with E-state index in [-0.39, 0.29) is 23.9 Å². The molecule has 2 atom stereocenters. The molecular weight excluding hydrogens is 637 g/mol. The number of hydrogen-bond acceptors (Lipinski definition) is 9. The molecule has 3 aromatic heterocycles. The van der Waals surface area contributed by atoms with Crippen LogP contribution in [0.15, 0.2) is 115 Å². The van der Waals surface area contributed by atoms with E-state index in [2.05, 4.69) is 15.3 Å². The molecule has 2 amide bonds. The fourth-order valence-electron chi connectivity index (χ4n) is 5.55. The number of thioether (sulfide) groups is 1. The summed E-state index contributed by atoms with van der Waals surface area (Å²) in [4.78, 5) is 53.0. The summed E-state index contributed by atoms with van der Waals surface area (Å²) in [7, 11) is 0. The maximum absolute atomic E-state index is 14.3. The Hall–Kier alpha value is -4.58. The number of nitrogens with zero attached hydrogens (tertiary/aromatic N) is 3. The average Bonchev–Trinajstić information content (AvgIpc) is 3.79. The number of ether oxygens (including phenoxy) is 1. The van der Waals surface area contributed by atoms with Crippen LogP contribution in [0.3, 0.4) is 0 Å². The number of pyridine rings is 1. The number of thiazole rings is 1. The number of carbonyl (C=O) groups excluding carboxylic acids is 3. The van der Waals surface area contributed by atoms with Crippen molar-refractivity contribution in [2.45, 2.75) is 30.4 Å². The third-order valence-corrected chi connectivity index (χ3v) is 11.0. The Balaban J connectivity index is 1.21. The summed E-state index contributed by atoms with van der Waals surface area (Å²) in [6.45, 7) is 0. The number of aromatic nitrogens is 2. The van der Waals surface area contributed by atoms with Crippen LogP contribution in [0.25, 0.3) is 5.57 Å². The number of esters is 1. The van der Waals surface area contributed by atoms with Gasteiger partial charge in [0.25, 0.3) is 5.91 Å². The Morgan fingerprint density at radius 1 is 0.957 bits per heavy atom. The second kappa shape index (κ2) is 13.4. The maximum atomic E-state index is 14.3. The van der Waals surface area contributed by atoms with E-state index >= 15 is 0 Å². The molecule has 5 aromatic rings. The molecule has 2 aliphatic rings. The van der Waals surface area contributed by atoms with Crippen molar-refractivity contribution in [2.24, 2.45) is 0 Å². The van der Waals surface area contributed by atoms with Crippen LogP contribution in [-0.4, -0.2) is 49.8 Å². The SMILES string of the molecule is O=C(Cc1cccs1)NC1C(=O)N2C(C(=O)OC(c3ccccc3)c3ccccc3)=C(c3cnc(Cc4cccnc4)s3)CSC12. The summed E-state index contributed by atoms with van der Waals surface area (Å²) in [6, 6.07) is 26.0. The van der Waals surface area contributed by atoms with Crippen molar-refractivity contribution in [3.05, 3.63) is 146 Å². The molecule has 1 fully saturated rings. The van der Waals surface area contributed by atoms with Gasteiger partial charge in [-0.1, -0.05) is 72.8 Å². The van der Waals surface area contributed by atoms with Crippen LogP contribution in [-0.2, 0) is 32.0 Å². The van der Waals surface area contributed by atoms with Crippen LogP contribution < -0.4 is 5.32 Å². The van der Waals surface area contributed by atoms with Crippen molar-refractivity contribution in [1.82, 2.24) is 20.2 Å². The zero-order valence-electron chi connectivity index (χ0n) is 24.4. The Bertz CT molecular complexity index is 1840. The van der Waals surface area contributed by atoms with Gasteiger partial charge in [-0.15, -0.1) is 34.4 Å². The lowest BCUT2D eigenvalue weighted by Gasteiger charge is -2.49. The van der Waals surface area contributed by atoms with E-state index in [1.807, 2.05) is 96.5 Å². The minimum absolute atomic E-state index is 0.200. The predicted octanol–water partition coefficient (Wildman–Crippen LogP) is 5.88. The minimum Gasteiger partial charge on any atom is -0.448 e. The molecule has 0 radical (unpaired) electrons. The van der Waals surface area contributed by atoms with Crippen molar-refractivity contribution in [3.8, 4) is 0 Å². The molecule has 230 valence electrons. The third kappa shape index (κ3) is 6.26. The smallest absolute Gasteiger partial charge is 0.356 e. The standard InChI is InChI=1S/C35H28N4O4S3/c40-28(18-25-14-8-16-44-25)38-30-33(41)39-31(35(42)43-32(23-10-3-1-4-11-23)24-12-5-2-6-13-24)26(21-45-34(30)39)27-20-37-29(46-27)17-22-9-7-15-36-19-22/h1-16,19-20,30,32,34H,17-18,21H2,(H,38,40). The molecular formula is C35H28N4O4S3. The van der Waals surface area contributed by atoms with Crippen LogP contribution in [0.5, 0.6) is 0 Å². The summed E-state index contributed by atoms with van der Waals surface area (Å²) in [5.41, 5.74) is 3.55. The lowest BCUT2D eigenvalue weighted by molar-refractivity contribution is -0.154. The second-order valence-corrected chi connectivity index (χ2v) is 14.1. The van der Waals surface area contributed by atoms with Gasteiger partial charge < -0.3 is 10.1 Å². The lowest BCUT2D eigenvalue weighted by atomic mass is 10.0. The third-order valence-electron chi connectivity index (χ3n) is 7.75. The molecule has 2 aromatic carbocycles. The Morgan fingerprint density at radius 3 is 2.39 bits per heavy atom. The molecule has 11 heteroatoms. The second-order valence-electron chi connectivity index (χ2n) is 10.8. The zero-order valence-corrected chi connectivity index (χ0v) is 26.9. The first-order valence-corrected chi connectivity index (χ1v) is 17.4. The molecule has 0 bridgehead atoms. The molecule has 0 saturated carbocycles. The van der Waals surface area contributed by atoms with Gasteiger partial charge >= 0.3 is 5.97 Å². The number of benzene rings is 2. The molecule has 7 rings (SSSR count). The minimum atomic E-state index is -0.733. The summed E-state index contributed by atoms with van der Waals surface area (Å²) in [6.07, 6.45) is 5.42. The lowest BCUT2D eigenvalue weighted by Crippen LogP contribution is -2.70. The Morgan fingerprint density at radius 2 is 1.72 bits per heavy atom. The quantitative estimate of drug-likeness (QED) is 0.147. The predicted molar refractivity (Wildman–Crippen MR) is 180 cm³/mol. The number of β-lactam (4-membered cyclic amide) rings is 1. The molecule has 8 nitrogen and oxygen atoms in total. The molecule has 46 heavy (non-hydrogen) atoms. The monoisotopic (exact) mass is 664 g/mol. The fourth-order valence-corrected chi connectivity index (χ4v) is 8.70. The largest absolute Gasteiger partial charge is 0.448 e. The van der Waals surface area contributed by atoms with Crippen LogP contribution >= 0.6 is 34.4 Å². The molecule has 2 aliphatic heterocycles. The van der Waals surface area contributed by atoms with Gasteiger partial charge in [-0.05, 0) is 34.2 Å². The molecule has 1 saturated heterocycles. The van der Waals surface area contributed by atoms with Gasteiger partial charge in [0.1, 0.15) is 17.1 Å². The van der Waals surface area contributed by atoms with E-state index in [1.165, 1.54) is 39.3 Å². The summed E-state index contributed by atoms with van der Waals surface area (Å²) < 4.78 is 6.29. The molecule has 0 spiro atoms. The average molecular weight is 665 g/mol. The van der Waals surface area contributed by atoms with Crippen molar-refractivity contribution >= 4 is 57.8 Å². The van der Waals surface area contributed by atoms with Crippen molar-refractivity contribution in [1.29, 1.82) is 0 Å². The molecule has 1 N–H and O–H groups in total. The van der Waals surface area contributed by atoms with E-state index in [9.17, 15) is 14.4 Å². The van der Waals surface area contributed by atoms with E-state index in [1.54, 1.807) is 12.4 Å². The van der Waals surface area contributed by atoms with E-state index in [0.717, 1.165) is 31.5 Å². The summed E-state index contributed by atoms with van der Waals surface area (Å²) in [5, 5.41) is 5.26. The molecule has 2 unspecified atom stereocenters. The number of thiophene rings is 1. The Labute approximate surface area is 278 Å². The van der Waals surface area contributed by atoms with E-state index < -0.39 is 23.5 Å². The van der Waals surface area contributed by atoms with Crippen LogP contribution in [0, 0.1) is 0 Å². The van der Waals surface area contributed by atoms with Gasteiger partial charge in [-0.2, -0.15) is 0 Å². The van der Waals surface area contributed by atoms with E-state index in [4.69, 9.17) is 4.74 Å². The number of hydrogen-bond donors (Lipinski definition) is 1. The van der Waals surface area contributed by atoms with Gasteiger partial charge in [0.15, 0.2) is 6.10 Å². The highest BCUT2D eigenvalue weighted by Gasteiger charge is 2.55. The van der Waals surface area contributed by atoms with Crippen molar-refractivity contribution in [3.63, 3.8) is 0 Å². The van der Waals surface area contributed by atoms with Gasteiger partial charge in [0.05, 0.1) is 16.3 Å². The highest BCUT2D eigenvalue weighted by atomic mass is 32.2. The van der Waals surface area contributed by atoms with Gasteiger partial charge in [-0.3, -0.25) is 19.5 Å². The topological polar surface area (TPSA) is 101 Å². The molecule has 0 aliphatic carbocycles. The summed E-state index contributed by atoms with van der Waals surface area (Å²) >= 11 is 4.50. The number of nitrogens with one attached hydrogen (secondary N) is 1. The van der Waals surface area contributed by atoms with Crippen LogP contribution in [0.2, 0.25) is 0 Å². The summed E-state index contributed by atoms with van der Waals surface area (Å²) in [5.74, 6) is -0.712. The maximum Gasteiger partial charge on any atom is 0.356 e. The highest BCUT2D eigenvalue weighted by molar-refractivity contribution is 8.00. The van der Waals surface area contributed by atoms with Crippen molar-refractivity contribution < 1.29 is 19.1 Å². The van der Waals surface area contributed by atoms with Crippen LogP contribution in [0.1, 0.15) is 37.6 Å². The number of amides is 2. The zero-order chi connectivity index (χ0) is 31.5. The van der Waals surface area contributed by atoms with E-state index in [0.29, 0.717) is 17.7 Å². The highest BCUT2D eigenvalue weighted by Crippen LogP contribution is 2.45. The van der Waals surface area contributed by atoms with Crippen LogP contribution in [0.4, 0.5) is 0 Å². The van der Waals surface area contributed by atoms with Gasteiger partial charge in [0, 0.05) is 41.2 Å². The molecule has 5 heterocycles. The first kappa shape index (κ1) is 30.1. The number of carbonyl (C=O) groups is 3. The first-order valence-electron chi connectivity index (χ1n) is 14.7. The number of rotatable bonds is 10.